The second-order valence-electron chi connectivity index (χ2n) is 5.68. The summed E-state index contributed by atoms with van der Waals surface area (Å²) in [5.74, 6) is -0.821. The van der Waals surface area contributed by atoms with Gasteiger partial charge in [0.25, 0.3) is 0 Å². The number of nitrogens with one attached hydrogen (secondary N) is 1. The van der Waals surface area contributed by atoms with Crippen molar-refractivity contribution in [2.24, 2.45) is 0 Å². The van der Waals surface area contributed by atoms with Crippen molar-refractivity contribution in [3.63, 3.8) is 0 Å². The highest BCUT2D eigenvalue weighted by atomic mass is 16.4. The molecule has 0 radical (unpaired) electrons. The van der Waals surface area contributed by atoms with Crippen LogP contribution in [0.1, 0.15) is 39.2 Å². The molecular weight excluding hydrogens is 268 g/mol. The molecule has 0 aliphatic rings. The van der Waals surface area contributed by atoms with Crippen LogP contribution in [0.5, 0.6) is 0 Å². The number of carboxylic acid groups (broad SMARTS) is 1. The number of benzene rings is 1. The summed E-state index contributed by atoms with van der Waals surface area (Å²) in [4.78, 5) is 24.6. The summed E-state index contributed by atoms with van der Waals surface area (Å²) in [5, 5.41) is 11.8. The van der Waals surface area contributed by atoms with Crippen LogP contribution in [0.25, 0.3) is 0 Å². The molecule has 0 spiro atoms. The Kier molecular flexibility index (Phi) is 6.37. The Morgan fingerprint density at radius 2 is 1.76 bits per heavy atom. The van der Waals surface area contributed by atoms with Crippen LogP contribution in [0.2, 0.25) is 0 Å². The highest BCUT2D eigenvalue weighted by molar-refractivity contribution is 5.93. The van der Waals surface area contributed by atoms with E-state index < -0.39 is 5.97 Å². The largest absolute Gasteiger partial charge is 0.480 e. The maximum Gasteiger partial charge on any atom is 0.317 e. The molecule has 0 saturated carbocycles. The van der Waals surface area contributed by atoms with Gasteiger partial charge in [-0.05, 0) is 31.4 Å². The van der Waals surface area contributed by atoms with Crippen LogP contribution < -0.4 is 5.32 Å². The van der Waals surface area contributed by atoms with Gasteiger partial charge in [0.2, 0.25) is 5.91 Å². The van der Waals surface area contributed by atoms with Gasteiger partial charge in [0.1, 0.15) is 0 Å². The van der Waals surface area contributed by atoms with Crippen molar-refractivity contribution in [3.8, 4) is 0 Å². The first-order chi connectivity index (χ1) is 9.81. The Bertz CT molecular complexity index is 498. The third kappa shape index (κ3) is 5.55. The highest BCUT2D eigenvalue weighted by Crippen LogP contribution is 2.23. The summed E-state index contributed by atoms with van der Waals surface area (Å²) in [5.41, 5.74) is 1.86. The van der Waals surface area contributed by atoms with Gasteiger partial charge in [-0.25, -0.2) is 0 Å². The van der Waals surface area contributed by atoms with Gasteiger partial charge in [0, 0.05) is 11.7 Å². The third-order valence-electron chi connectivity index (χ3n) is 3.27. The number of para-hydroxylation sites is 1. The SMILES string of the molecule is CC(C)c1ccccc1NC(=O)CN(CC(=O)O)C(C)C. The first-order valence-corrected chi connectivity index (χ1v) is 7.16. The molecule has 5 heteroatoms. The minimum atomic E-state index is -0.931. The van der Waals surface area contributed by atoms with E-state index in [-0.39, 0.29) is 25.0 Å². The zero-order valence-corrected chi connectivity index (χ0v) is 13.1. The van der Waals surface area contributed by atoms with Crippen LogP contribution in [-0.2, 0) is 9.59 Å². The van der Waals surface area contributed by atoms with Crippen molar-refractivity contribution in [1.29, 1.82) is 0 Å². The van der Waals surface area contributed by atoms with Gasteiger partial charge in [-0.1, -0.05) is 32.0 Å². The van der Waals surface area contributed by atoms with Crippen molar-refractivity contribution in [2.45, 2.75) is 39.7 Å². The summed E-state index contributed by atoms with van der Waals surface area (Å²) in [6, 6.07) is 7.66. The molecule has 0 unspecified atom stereocenters. The van der Waals surface area contributed by atoms with E-state index in [1.807, 2.05) is 38.1 Å². The lowest BCUT2D eigenvalue weighted by molar-refractivity contribution is -0.139. The normalized spacial score (nSPS) is 11.2. The van der Waals surface area contributed by atoms with Crippen molar-refractivity contribution in [2.75, 3.05) is 18.4 Å². The number of nitrogens with zero attached hydrogens (tertiary/aromatic N) is 1. The molecular formula is C16H24N2O3. The summed E-state index contributed by atoms with van der Waals surface area (Å²) < 4.78 is 0. The zero-order valence-electron chi connectivity index (χ0n) is 13.1. The fraction of sp³-hybridized carbons (Fsp3) is 0.500. The Hall–Kier alpha value is -1.88. The fourth-order valence-corrected chi connectivity index (χ4v) is 2.08. The molecule has 5 nitrogen and oxygen atoms in total. The Morgan fingerprint density at radius 3 is 2.29 bits per heavy atom. The number of carbonyl (C=O) groups is 2. The molecule has 1 aromatic carbocycles. The fourth-order valence-electron chi connectivity index (χ4n) is 2.08. The van der Waals surface area contributed by atoms with Crippen LogP contribution in [0.15, 0.2) is 24.3 Å². The van der Waals surface area contributed by atoms with Gasteiger partial charge in [-0.3, -0.25) is 14.5 Å². The van der Waals surface area contributed by atoms with Gasteiger partial charge < -0.3 is 10.4 Å². The molecule has 0 fully saturated rings. The number of hydrogen-bond donors (Lipinski definition) is 2. The van der Waals surface area contributed by atoms with Crippen molar-refractivity contribution >= 4 is 17.6 Å². The van der Waals surface area contributed by atoms with E-state index in [0.29, 0.717) is 5.92 Å². The average molecular weight is 292 g/mol. The van der Waals surface area contributed by atoms with Crippen molar-refractivity contribution in [1.82, 2.24) is 4.90 Å². The Labute approximate surface area is 126 Å². The van der Waals surface area contributed by atoms with Crippen molar-refractivity contribution in [3.05, 3.63) is 29.8 Å². The molecule has 0 bridgehead atoms. The molecule has 0 atom stereocenters. The van der Waals surface area contributed by atoms with Gasteiger partial charge in [-0.15, -0.1) is 0 Å². The number of aliphatic carboxylic acids is 1. The minimum absolute atomic E-state index is 0.00723. The van der Waals surface area contributed by atoms with E-state index >= 15 is 0 Å². The van der Waals surface area contributed by atoms with Crippen LogP contribution in [0.4, 0.5) is 5.69 Å². The predicted octanol–water partition coefficient (Wildman–Crippen LogP) is 2.54. The lowest BCUT2D eigenvalue weighted by Crippen LogP contribution is -2.41. The molecule has 1 aromatic rings. The molecule has 2 N–H and O–H groups in total. The van der Waals surface area contributed by atoms with Crippen molar-refractivity contribution < 1.29 is 14.7 Å². The minimum Gasteiger partial charge on any atom is -0.480 e. The van der Waals surface area contributed by atoms with Gasteiger partial charge in [0.05, 0.1) is 13.1 Å². The Morgan fingerprint density at radius 1 is 1.14 bits per heavy atom. The first-order valence-electron chi connectivity index (χ1n) is 7.16. The number of anilines is 1. The van der Waals surface area contributed by atoms with Gasteiger partial charge >= 0.3 is 5.97 Å². The molecule has 1 amide bonds. The third-order valence-corrected chi connectivity index (χ3v) is 3.27. The van der Waals surface area contributed by atoms with Gasteiger partial charge in [0.15, 0.2) is 0 Å². The maximum absolute atomic E-state index is 12.1. The lowest BCUT2D eigenvalue weighted by atomic mass is 10.0. The number of amides is 1. The van der Waals surface area contributed by atoms with Gasteiger partial charge in [-0.2, -0.15) is 0 Å². The molecule has 0 aliphatic heterocycles. The quantitative estimate of drug-likeness (QED) is 0.810. The molecule has 21 heavy (non-hydrogen) atoms. The molecule has 116 valence electrons. The smallest absolute Gasteiger partial charge is 0.317 e. The maximum atomic E-state index is 12.1. The van der Waals surface area contributed by atoms with Crippen LogP contribution in [0, 0.1) is 0 Å². The number of carboxylic acids is 1. The Balaban J connectivity index is 2.75. The number of hydrogen-bond acceptors (Lipinski definition) is 3. The van der Waals surface area contributed by atoms with E-state index in [1.165, 1.54) is 0 Å². The number of rotatable bonds is 7. The summed E-state index contributed by atoms with van der Waals surface area (Å²) in [7, 11) is 0. The molecule has 0 aliphatic carbocycles. The molecule has 0 aromatic heterocycles. The van der Waals surface area contributed by atoms with E-state index in [4.69, 9.17) is 5.11 Å². The van der Waals surface area contributed by atoms with E-state index in [0.717, 1.165) is 11.3 Å². The number of carbonyl (C=O) groups excluding carboxylic acids is 1. The molecule has 0 saturated heterocycles. The second kappa shape index (κ2) is 7.78. The second-order valence-corrected chi connectivity index (χ2v) is 5.68. The zero-order chi connectivity index (χ0) is 16.0. The summed E-state index contributed by atoms with van der Waals surface area (Å²) in [6.45, 7) is 7.80. The summed E-state index contributed by atoms with van der Waals surface area (Å²) in [6.07, 6.45) is 0. The lowest BCUT2D eigenvalue weighted by Gasteiger charge is -2.24. The summed E-state index contributed by atoms with van der Waals surface area (Å²) >= 11 is 0. The predicted molar refractivity (Wildman–Crippen MR) is 83.5 cm³/mol. The van der Waals surface area contributed by atoms with E-state index in [9.17, 15) is 9.59 Å². The van der Waals surface area contributed by atoms with Crippen LogP contribution in [-0.4, -0.2) is 41.0 Å². The van der Waals surface area contributed by atoms with Crippen LogP contribution in [0.3, 0.4) is 0 Å². The highest BCUT2D eigenvalue weighted by Gasteiger charge is 2.18. The first kappa shape index (κ1) is 17.2. The monoisotopic (exact) mass is 292 g/mol. The van der Waals surface area contributed by atoms with E-state index in [1.54, 1.807) is 4.90 Å². The average Bonchev–Trinajstić information content (AvgIpc) is 2.37. The molecule has 0 heterocycles. The van der Waals surface area contributed by atoms with E-state index in [2.05, 4.69) is 19.2 Å². The standard InChI is InChI=1S/C16H24N2O3/c1-11(2)13-7-5-6-8-14(13)17-15(19)9-18(12(3)4)10-16(20)21/h5-8,11-12H,9-10H2,1-4H3,(H,17,19)(H,20,21). The topological polar surface area (TPSA) is 69.6 Å². The van der Waals surface area contributed by atoms with Crippen LogP contribution >= 0.6 is 0 Å². The molecule has 1 rings (SSSR count).